The number of aromatic nitrogens is 1. The van der Waals surface area contributed by atoms with E-state index in [1.807, 2.05) is 36.4 Å². The van der Waals surface area contributed by atoms with E-state index in [0.717, 1.165) is 16.5 Å². The van der Waals surface area contributed by atoms with E-state index >= 15 is 0 Å². The Morgan fingerprint density at radius 2 is 1.80 bits per heavy atom. The van der Waals surface area contributed by atoms with Crippen LogP contribution in [0.1, 0.15) is 0 Å². The average molecular weight is 195 g/mol. The van der Waals surface area contributed by atoms with Crippen LogP contribution in [-0.4, -0.2) is 4.98 Å². The zero-order valence-electron chi connectivity index (χ0n) is 8.03. The van der Waals surface area contributed by atoms with Crippen LogP contribution in [0.4, 0.5) is 0 Å². The van der Waals surface area contributed by atoms with E-state index in [1.165, 1.54) is 5.56 Å². The van der Waals surface area contributed by atoms with Crippen molar-refractivity contribution >= 4 is 10.9 Å². The van der Waals surface area contributed by atoms with Crippen LogP contribution in [0.2, 0.25) is 0 Å². The first-order valence-corrected chi connectivity index (χ1v) is 4.85. The van der Waals surface area contributed by atoms with E-state index in [1.54, 1.807) is 6.07 Å². The Bertz CT molecular complexity index is 654. The van der Waals surface area contributed by atoms with Crippen LogP contribution in [0.15, 0.2) is 53.3 Å². The minimum absolute atomic E-state index is 0.0535. The third kappa shape index (κ3) is 1.22. The van der Waals surface area contributed by atoms with Gasteiger partial charge in [-0.15, -0.1) is 0 Å². The highest BCUT2D eigenvalue weighted by Gasteiger charge is 2.07. The zero-order chi connectivity index (χ0) is 10.3. The van der Waals surface area contributed by atoms with Gasteiger partial charge in [0, 0.05) is 17.0 Å². The van der Waals surface area contributed by atoms with E-state index in [-0.39, 0.29) is 5.56 Å². The summed E-state index contributed by atoms with van der Waals surface area (Å²) in [5, 5.41) is 1.10. The van der Waals surface area contributed by atoms with Gasteiger partial charge in [0.05, 0.1) is 0 Å². The highest BCUT2D eigenvalue weighted by Crippen LogP contribution is 2.30. The second-order valence-electron chi connectivity index (χ2n) is 3.57. The van der Waals surface area contributed by atoms with Crippen LogP contribution in [0.25, 0.3) is 22.0 Å². The molecule has 2 heteroatoms. The Balaban J connectivity index is 2.53. The van der Waals surface area contributed by atoms with Gasteiger partial charge in [-0.1, -0.05) is 30.3 Å². The summed E-state index contributed by atoms with van der Waals surface area (Å²) in [6, 6.07) is 15.6. The van der Waals surface area contributed by atoms with Crippen molar-refractivity contribution in [2.24, 2.45) is 0 Å². The Morgan fingerprint density at radius 3 is 2.73 bits per heavy atom. The first-order chi connectivity index (χ1) is 7.34. The first kappa shape index (κ1) is 8.24. The van der Waals surface area contributed by atoms with Gasteiger partial charge in [-0.05, 0) is 23.3 Å². The molecule has 0 radical (unpaired) electrons. The minimum Gasteiger partial charge on any atom is -0.322 e. The summed E-state index contributed by atoms with van der Waals surface area (Å²) in [6.07, 6.45) is 0. The number of aromatic amines is 1. The Kier molecular flexibility index (Phi) is 1.62. The van der Waals surface area contributed by atoms with Crippen LogP contribution in [0.5, 0.6) is 0 Å². The molecule has 0 fully saturated rings. The summed E-state index contributed by atoms with van der Waals surface area (Å²) in [5.74, 6) is 0. The number of nitrogens with one attached hydrogen (secondary N) is 1. The molecule has 1 heterocycles. The molecule has 1 aromatic heterocycles. The number of hydrogen-bond donors (Lipinski definition) is 1. The Hall–Kier alpha value is -2.09. The molecular formula is C13H9NO. The fourth-order valence-corrected chi connectivity index (χ4v) is 1.93. The molecule has 0 aliphatic heterocycles. The van der Waals surface area contributed by atoms with Crippen LogP contribution < -0.4 is 5.56 Å². The van der Waals surface area contributed by atoms with Gasteiger partial charge in [-0.2, -0.15) is 0 Å². The monoisotopic (exact) mass is 195 g/mol. The molecule has 2 aliphatic carbocycles. The van der Waals surface area contributed by atoms with E-state index in [2.05, 4.69) is 11.1 Å². The molecule has 3 rings (SSSR count). The second-order valence-corrected chi connectivity index (χ2v) is 3.57. The van der Waals surface area contributed by atoms with Gasteiger partial charge in [-0.25, -0.2) is 0 Å². The lowest BCUT2D eigenvalue weighted by Crippen LogP contribution is -2.00. The Labute approximate surface area is 86.5 Å². The molecule has 15 heavy (non-hydrogen) atoms. The summed E-state index contributed by atoms with van der Waals surface area (Å²) in [5.41, 5.74) is 3.17. The molecule has 0 amide bonds. The maximum atomic E-state index is 11.2. The summed E-state index contributed by atoms with van der Waals surface area (Å²) < 4.78 is 0. The maximum Gasteiger partial charge on any atom is 0.248 e. The summed E-state index contributed by atoms with van der Waals surface area (Å²) >= 11 is 0. The third-order valence-corrected chi connectivity index (χ3v) is 2.61. The van der Waals surface area contributed by atoms with E-state index in [0.29, 0.717) is 0 Å². The smallest absolute Gasteiger partial charge is 0.248 e. The maximum absolute atomic E-state index is 11.2. The number of hydrogen-bond acceptors (Lipinski definition) is 1. The number of pyridine rings is 1. The molecule has 0 atom stereocenters. The minimum atomic E-state index is -0.0535. The van der Waals surface area contributed by atoms with E-state index in [9.17, 15) is 4.79 Å². The molecule has 0 saturated heterocycles. The lowest BCUT2D eigenvalue weighted by atomic mass is 10.1. The largest absolute Gasteiger partial charge is 0.322 e. The normalized spacial score (nSPS) is 10.9. The van der Waals surface area contributed by atoms with Gasteiger partial charge in [0.2, 0.25) is 5.56 Å². The van der Waals surface area contributed by atoms with Gasteiger partial charge in [0.25, 0.3) is 0 Å². The highest BCUT2D eigenvalue weighted by atomic mass is 16.1. The summed E-state index contributed by atoms with van der Waals surface area (Å²) in [7, 11) is 0. The van der Waals surface area contributed by atoms with Gasteiger partial charge in [0.15, 0.2) is 0 Å². The van der Waals surface area contributed by atoms with Crippen molar-refractivity contribution in [2.75, 3.05) is 0 Å². The van der Waals surface area contributed by atoms with Crippen LogP contribution in [0.3, 0.4) is 0 Å². The fraction of sp³-hybridized carbons (Fsp3) is 0. The topological polar surface area (TPSA) is 32.9 Å². The molecule has 2 nitrogen and oxygen atoms in total. The van der Waals surface area contributed by atoms with Crippen molar-refractivity contribution in [3.8, 4) is 11.1 Å². The molecule has 1 aromatic rings. The van der Waals surface area contributed by atoms with Crippen molar-refractivity contribution < 1.29 is 0 Å². The van der Waals surface area contributed by atoms with Crippen molar-refractivity contribution in [3.63, 3.8) is 0 Å². The summed E-state index contributed by atoms with van der Waals surface area (Å²) in [4.78, 5) is 14.0. The van der Waals surface area contributed by atoms with Crippen molar-refractivity contribution in [2.45, 2.75) is 0 Å². The third-order valence-electron chi connectivity index (χ3n) is 2.61. The van der Waals surface area contributed by atoms with Crippen LogP contribution in [0, 0.1) is 0 Å². The quantitative estimate of drug-likeness (QED) is 0.587. The highest BCUT2D eigenvalue weighted by molar-refractivity contribution is 5.99. The van der Waals surface area contributed by atoms with Gasteiger partial charge in [0.1, 0.15) is 0 Å². The molecular weight excluding hydrogens is 186 g/mol. The fourth-order valence-electron chi connectivity index (χ4n) is 1.93. The molecule has 2 aliphatic rings. The van der Waals surface area contributed by atoms with Crippen LogP contribution >= 0.6 is 0 Å². The SMILES string of the molecule is O=c1ccc2c3cccccc-3cc2[nH]1. The average Bonchev–Trinajstić information content (AvgIpc) is 2.42. The Morgan fingerprint density at radius 1 is 0.933 bits per heavy atom. The number of fused-ring (bicyclic) bond motifs is 3. The molecule has 0 saturated carbocycles. The summed E-state index contributed by atoms with van der Waals surface area (Å²) in [6.45, 7) is 0. The molecule has 1 N–H and O–H groups in total. The lowest BCUT2D eigenvalue weighted by molar-refractivity contribution is 1.32. The molecule has 0 bridgehead atoms. The standard InChI is InChI=1S/C13H9NO/c15-13-7-6-11-10-5-3-1-2-4-9(10)8-12(11)14-13/h1-8H,(H,14,15). The second kappa shape index (κ2) is 2.95. The van der Waals surface area contributed by atoms with E-state index in [4.69, 9.17) is 0 Å². The molecule has 0 spiro atoms. The molecule has 0 unspecified atom stereocenters. The predicted molar refractivity (Wildman–Crippen MR) is 61.2 cm³/mol. The number of rotatable bonds is 0. The van der Waals surface area contributed by atoms with Crippen LogP contribution in [-0.2, 0) is 0 Å². The van der Waals surface area contributed by atoms with Crippen molar-refractivity contribution in [1.82, 2.24) is 4.98 Å². The van der Waals surface area contributed by atoms with Crippen molar-refractivity contribution in [1.29, 1.82) is 0 Å². The molecule has 0 aromatic carbocycles. The first-order valence-electron chi connectivity index (χ1n) is 4.85. The van der Waals surface area contributed by atoms with Gasteiger partial charge < -0.3 is 4.98 Å². The van der Waals surface area contributed by atoms with Crippen molar-refractivity contribution in [3.05, 3.63) is 58.9 Å². The van der Waals surface area contributed by atoms with E-state index < -0.39 is 0 Å². The zero-order valence-corrected chi connectivity index (χ0v) is 8.03. The lowest BCUT2D eigenvalue weighted by Gasteiger charge is -1.91. The van der Waals surface area contributed by atoms with Gasteiger partial charge in [-0.3, -0.25) is 4.79 Å². The van der Waals surface area contributed by atoms with Gasteiger partial charge >= 0.3 is 0 Å². The molecule has 72 valence electrons. The number of H-pyrrole nitrogens is 1. The predicted octanol–water partition coefficient (Wildman–Crippen LogP) is 2.63.